The highest BCUT2D eigenvalue weighted by Gasteiger charge is 2.04. The van der Waals surface area contributed by atoms with Crippen molar-refractivity contribution >= 4 is 12.1 Å². The zero-order valence-corrected chi connectivity index (χ0v) is 14.0. The minimum Gasteiger partial charge on any atom is -0.483 e. The van der Waals surface area contributed by atoms with Crippen LogP contribution in [-0.4, -0.2) is 18.7 Å². The van der Waals surface area contributed by atoms with E-state index in [1.54, 1.807) is 6.21 Å². The zero-order chi connectivity index (χ0) is 16.8. The van der Waals surface area contributed by atoms with Crippen LogP contribution >= 0.6 is 0 Å². The number of hydrogen-bond donors (Lipinski definition) is 1. The third kappa shape index (κ3) is 4.95. The molecule has 0 saturated heterocycles. The topological polar surface area (TPSA) is 50.7 Å². The predicted molar refractivity (Wildman–Crippen MR) is 93.1 cm³/mol. The maximum Gasteiger partial charge on any atom is 0.277 e. The average molecular weight is 310 g/mol. The van der Waals surface area contributed by atoms with Gasteiger partial charge in [0, 0.05) is 0 Å². The van der Waals surface area contributed by atoms with Crippen LogP contribution in [0.5, 0.6) is 5.75 Å². The number of nitrogens with one attached hydrogen (secondary N) is 1. The molecule has 0 fully saturated rings. The van der Waals surface area contributed by atoms with E-state index in [9.17, 15) is 4.79 Å². The number of hydrogen-bond acceptors (Lipinski definition) is 3. The van der Waals surface area contributed by atoms with Crippen molar-refractivity contribution in [2.75, 3.05) is 6.61 Å². The third-order valence-corrected chi connectivity index (χ3v) is 3.53. The highest BCUT2D eigenvalue weighted by molar-refractivity contribution is 5.84. The Morgan fingerprint density at radius 3 is 2.43 bits per heavy atom. The lowest BCUT2D eigenvalue weighted by atomic mass is 10.1. The van der Waals surface area contributed by atoms with Gasteiger partial charge in [0.2, 0.25) is 0 Å². The molecular weight excluding hydrogens is 288 g/mol. The lowest BCUT2D eigenvalue weighted by molar-refractivity contribution is -0.123. The molecule has 0 spiro atoms. The van der Waals surface area contributed by atoms with Gasteiger partial charge in [0.15, 0.2) is 6.61 Å². The summed E-state index contributed by atoms with van der Waals surface area (Å²) in [6.07, 6.45) is 1.65. The van der Waals surface area contributed by atoms with E-state index in [1.165, 1.54) is 0 Å². The van der Waals surface area contributed by atoms with Gasteiger partial charge in [-0.3, -0.25) is 4.79 Å². The fourth-order valence-corrected chi connectivity index (χ4v) is 2.11. The Morgan fingerprint density at radius 2 is 1.70 bits per heavy atom. The molecular formula is C19H22N2O2. The molecule has 23 heavy (non-hydrogen) atoms. The van der Waals surface area contributed by atoms with Gasteiger partial charge in [0.25, 0.3) is 5.91 Å². The highest BCUT2D eigenvalue weighted by Crippen LogP contribution is 2.18. The summed E-state index contributed by atoms with van der Waals surface area (Å²) in [5.74, 6) is 0.436. The Kier molecular flexibility index (Phi) is 5.52. The number of hydrazone groups is 1. The summed E-state index contributed by atoms with van der Waals surface area (Å²) < 4.78 is 5.54. The van der Waals surface area contributed by atoms with Gasteiger partial charge >= 0.3 is 0 Å². The molecule has 4 nitrogen and oxygen atoms in total. The minimum atomic E-state index is -0.285. The second-order valence-corrected chi connectivity index (χ2v) is 5.71. The van der Waals surface area contributed by atoms with Gasteiger partial charge < -0.3 is 4.74 Å². The van der Waals surface area contributed by atoms with Gasteiger partial charge in [0.05, 0.1) is 6.21 Å². The van der Waals surface area contributed by atoms with Gasteiger partial charge in [-0.05, 0) is 56.0 Å². The number of benzene rings is 2. The Morgan fingerprint density at radius 1 is 1.04 bits per heavy atom. The largest absolute Gasteiger partial charge is 0.483 e. The smallest absolute Gasteiger partial charge is 0.277 e. The standard InChI is InChI=1S/C19H22N2O2/c1-13-5-7-15(3)17(9-13)11-20-21-19(22)12-23-18-10-14(2)6-8-16(18)4/h5-11H,12H2,1-4H3,(H,21,22)/b20-11-. The van der Waals surface area contributed by atoms with Crippen molar-refractivity contribution in [1.82, 2.24) is 5.43 Å². The SMILES string of the molecule is Cc1ccc(C)c(/C=N\NC(=O)COc2cc(C)ccc2C)c1. The van der Waals surface area contributed by atoms with Crippen molar-refractivity contribution in [3.8, 4) is 5.75 Å². The van der Waals surface area contributed by atoms with Gasteiger partial charge in [-0.15, -0.1) is 0 Å². The lowest BCUT2D eigenvalue weighted by Gasteiger charge is -2.09. The molecule has 120 valence electrons. The molecule has 0 aliphatic heterocycles. The summed E-state index contributed by atoms with van der Waals surface area (Å²) in [5, 5.41) is 3.99. The molecule has 0 bridgehead atoms. The quantitative estimate of drug-likeness (QED) is 0.679. The molecule has 1 amide bonds. The van der Waals surface area contributed by atoms with Gasteiger partial charge in [-0.1, -0.05) is 35.9 Å². The van der Waals surface area contributed by atoms with Crippen LogP contribution in [0.2, 0.25) is 0 Å². The molecule has 0 radical (unpaired) electrons. The molecule has 0 saturated carbocycles. The van der Waals surface area contributed by atoms with Crippen LogP contribution in [0.25, 0.3) is 0 Å². The number of amides is 1. The Hall–Kier alpha value is -2.62. The summed E-state index contributed by atoms with van der Waals surface area (Å²) in [5.41, 5.74) is 7.84. The van der Waals surface area contributed by atoms with Gasteiger partial charge in [-0.2, -0.15) is 5.10 Å². The summed E-state index contributed by atoms with van der Waals surface area (Å²) in [6.45, 7) is 7.90. The second-order valence-electron chi connectivity index (χ2n) is 5.71. The van der Waals surface area contributed by atoms with E-state index < -0.39 is 0 Å². The average Bonchev–Trinajstić information content (AvgIpc) is 2.51. The monoisotopic (exact) mass is 310 g/mol. The van der Waals surface area contributed by atoms with Crippen molar-refractivity contribution in [3.63, 3.8) is 0 Å². The number of rotatable bonds is 5. The molecule has 2 rings (SSSR count). The van der Waals surface area contributed by atoms with E-state index in [0.717, 1.165) is 33.6 Å². The van der Waals surface area contributed by atoms with Crippen LogP contribution in [-0.2, 0) is 4.79 Å². The molecule has 0 aromatic heterocycles. The van der Waals surface area contributed by atoms with E-state index >= 15 is 0 Å². The highest BCUT2D eigenvalue weighted by atomic mass is 16.5. The van der Waals surface area contributed by atoms with Crippen LogP contribution in [0, 0.1) is 27.7 Å². The molecule has 0 aliphatic carbocycles. The first-order valence-electron chi connectivity index (χ1n) is 7.55. The van der Waals surface area contributed by atoms with Crippen molar-refractivity contribution in [2.24, 2.45) is 5.10 Å². The van der Waals surface area contributed by atoms with Crippen molar-refractivity contribution in [3.05, 3.63) is 64.2 Å². The zero-order valence-electron chi connectivity index (χ0n) is 14.0. The fourth-order valence-electron chi connectivity index (χ4n) is 2.11. The van der Waals surface area contributed by atoms with Crippen molar-refractivity contribution in [2.45, 2.75) is 27.7 Å². The third-order valence-electron chi connectivity index (χ3n) is 3.53. The van der Waals surface area contributed by atoms with Gasteiger partial charge in [-0.25, -0.2) is 5.43 Å². The molecule has 4 heteroatoms. The van der Waals surface area contributed by atoms with E-state index in [-0.39, 0.29) is 12.5 Å². The second kappa shape index (κ2) is 7.58. The first-order valence-corrected chi connectivity index (χ1v) is 7.55. The Balaban J connectivity index is 1.89. The minimum absolute atomic E-state index is 0.0611. The predicted octanol–water partition coefficient (Wildman–Crippen LogP) is 3.45. The Labute approximate surface area is 137 Å². The lowest BCUT2D eigenvalue weighted by Crippen LogP contribution is -2.24. The first kappa shape index (κ1) is 16.7. The van der Waals surface area contributed by atoms with Crippen LogP contribution in [0.4, 0.5) is 0 Å². The van der Waals surface area contributed by atoms with Crippen molar-refractivity contribution in [1.29, 1.82) is 0 Å². The number of aryl methyl sites for hydroxylation is 4. The van der Waals surface area contributed by atoms with Crippen molar-refractivity contribution < 1.29 is 9.53 Å². The van der Waals surface area contributed by atoms with Crippen LogP contribution in [0.1, 0.15) is 27.8 Å². The molecule has 2 aromatic rings. The number of carbonyl (C=O) groups excluding carboxylic acids is 1. The number of carbonyl (C=O) groups is 1. The molecule has 1 N–H and O–H groups in total. The molecule has 0 aliphatic rings. The van der Waals surface area contributed by atoms with Crippen LogP contribution in [0.3, 0.4) is 0 Å². The normalized spacial score (nSPS) is 10.8. The number of nitrogens with zero attached hydrogens (tertiary/aromatic N) is 1. The molecule has 2 aromatic carbocycles. The van der Waals surface area contributed by atoms with Gasteiger partial charge in [0.1, 0.15) is 5.75 Å². The summed E-state index contributed by atoms with van der Waals surface area (Å²) in [7, 11) is 0. The van der Waals surface area contributed by atoms with E-state index in [2.05, 4.69) is 10.5 Å². The van der Waals surface area contributed by atoms with Crippen LogP contribution < -0.4 is 10.2 Å². The van der Waals surface area contributed by atoms with E-state index in [4.69, 9.17) is 4.74 Å². The Bertz CT molecular complexity index is 736. The fraction of sp³-hybridized carbons (Fsp3) is 0.263. The maximum absolute atomic E-state index is 11.8. The summed E-state index contributed by atoms with van der Waals surface area (Å²) in [4.78, 5) is 11.8. The molecule has 0 atom stereocenters. The molecule has 0 unspecified atom stereocenters. The van der Waals surface area contributed by atoms with Crippen LogP contribution in [0.15, 0.2) is 41.5 Å². The molecule has 0 heterocycles. The number of ether oxygens (including phenoxy) is 1. The maximum atomic E-state index is 11.8. The van der Waals surface area contributed by atoms with E-state index in [0.29, 0.717) is 0 Å². The summed E-state index contributed by atoms with van der Waals surface area (Å²) >= 11 is 0. The summed E-state index contributed by atoms with van der Waals surface area (Å²) in [6, 6.07) is 12.0. The van der Waals surface area contributed by atoms with E-state index in [1.807, 2.05) is 64.1 Å². The first-order chi connectivity index (χ1) is 11.0.